The predicted molar refractivity (Wildman–Crippen MR) is 182 cm³/mol. The van der Waals surface area contributed by atoms with Gasteiger partial charge in [0.1, 0.15) is 6.10 Å². The van der Waals surface area contributed by atoms with Crippen molar-refractivity contribution in [3.63, 3.8) is 0 Å². The Kier molecular flexibility index (Phi) is 32.0. The van der Waals surface area contributed by atoms with Crippen molar-refractivity contribution in [3.05, 3.63) is 36.5 Å². The van der Waals surface area contributed by atoms with Crippen LogP contribution in [0.3, 0.4) is 0 Å². The zero-order chi connectivity index (χ0) is 29.4. The first kappa shape index (κ1) is 39.2. The van der Waals surface area contributed by atoms with Crippen LogP contribution in [0, 0.1) is 5.92 Å². The van der Waals surface area contributed by atoms with Crippen LogP contribution in [-0.4, -0.2) is 17.4 Å². The van der Waals surface area contributed by atoms with E-state index in [1.165, 1.54) is 89.9 Å². The van der Waals surface area contributed by atoms with Gasteiger partial charge < -0.3 is 4.74 Å². The molecule has 0 fully saturated rings. The van der Waals surface area contributed by atoms with E-state index < -0.39 is 0 Å². The van der Waals surface area contributed by atoms with Crippen LogP contribution in [0.2, 0.25) is 0 Å². The number of rotatable bonds is 30. The van der Waals surface area contributed by atoms with Gasteiger partial charge in [0.05, 0.1) is 0 Å². The summed E-state index contributed by atoms with van der Waals surface area (Å²) < 4.78 is 6.26. The van der Waals surface area contributed by atoms with Crippen LogP contribution in [0.1, 0.15) is 175 Å². The number of unbranched alkanes of at least 4 members (excludes halogenated alkanes) is 13. The Balaban J connectivity index is 5.09. The molecule has 234 valence electrons. The maximum absolute atomic E-state index is 12.9. The Bertz CT molecular complexity index is 583. The van der Waals surface area contributed by atoms with Gasteiger partial charge in [0.25, 0.3) is 0 Å². The highest BCUT2D eigenvalue weighted by atomic mass is 79.9. The molecule has 0 N–H and O–H groups in total. The van der Waals surface area contributed by atoms with Gasteiger partial charge in [-0.1, -0.05) is 118 Å². The van der Waals surface area contributed by atoms with Crippen molar-refractivity contribution in [1.82, 2.24) is 0 Å². The molecule has 0 radical (unpaired) electrons. The van der Waals surface area contributed by atoms with Crippen molar-refractivity contribution < 1.29 is 9.53 Å². The number of allylic oxidation sites excluding steroid dienone is 6. The number of carbonyl (C=O) groups excluding carboxylic acids is 1. The summed E-state index contributed by atoms with van der Waals surface area (Å²) >= 11 is 3.50. The van der Waals surface area contributed by atoms with Gasteiger partial charge in [-0.05, 0) is 109 Å². The number of hydrogen-bond acceptors (Lipinski definition) is 2. The number of hydrogen-bond donors (Lipinski definition) is 0. The molecule has 0 spiro atoms. The van der Waals surface area contributed by atoms with Crippen molar-refractivity contribution >= 4 is 21.9 Å². The lowest BCUT2D eigenvalue weighted by Crippen LogP contribution is -2.27. The van der Waals surface area contributed by atoms with Crippen LogP contribution in [0.15, 0.2) is 36.5 Å². The molecule has 0 aromatic carbocycles. The van der Waals surface area contributed by atoms with Gasteiger partial charge in [-0.15, -0.1) is 0 Å². The third-order valence-corrected chi connectivity index (χ3v) is 8.32. The summed E-state index contributed by atoms with van der Waals surface area (Å²) in [6, 6.07) is 0. The van der Waals surface area contributed by atoms with E-state index in [1.807, 2.05) is 0 Å². The first-order valence-corrected chi connectivity index (χ1v) is 18.5. The maximum Gasteiger partial charge on any atom is 0.306 e. The lowest BCUT2D eigenvalue weighted by molar-refractivity contribution is -0.152. The van der Waals surface area contributed by atoms with Crippen LogP contribution in [0.5, 0.6) is 0 Å². The van der Waals surface area contributed by atoms with Gasteiger partial charge in [0, 0.05) is 11.8 Å². The molecule has 1 atom stereocenters. The zero-order valence-corrected chi connectivity index (χ0v) is 28.6. The maximum atomic E-state index is 12.9. The third-order valence-electron chi connectivity index (χ3n) is 7.76. The van der Waals surface area contributed by atoms with E-state index in [0.717, 1.165) is 63.1 Å². The van der Waals surface area contributed by atoms with E-state index >= 15 is 0 Å². The largest absolute Gasteiger partial charge is 0.462 e. The van der Waals surface area contributed by atoms with Crippen LogP contribution in [-0.2, 0) is 9.53 Å². The van der Waals surface area contributed by atoms with E-state index in [1.54, 1.807) is 0 Å². The highest BCUT2D eigenvalue weighted by Gasteiger charge is 2.24. The van der Waals surface area contributed by atoms with Crippen molar-refractivity contribution in [3.8, 4) is 0 Å². The molecule has 0 aliphatic heterocycles. The quantitative estimate of drug-likeness (QED) is 0.0344. The summed E-state index contributed by atoms with van der Waals surface area (Å²) in [5.74, 6) is 0.477. The molecule has 0 bridgehead atoms. The zero-order valence-electron chi connectivity index (χ0n) is 27.0. The van der Waals surface area contributed by atoms with Gasteiger partial charge in [-0.2, -0.15) is 0 Å². The highest BCUT2D eigenvalue weighted by molar-refractivity contribution is 9.09. The van der Waals surface area contributed by atoms with Crippen LogP contribution in [0.4, 0.5) is 0 Å². The molecule has 0 heterocycles. The molecule has 0 saturated carbocycles. The summed E-state index contributed by atoms with van der Waals surface area (Å²) in [4.78, 5) is 12.9. The van der Waals surface area contributed by atoms with Gasteiger partial charge in [-0.3, -0.25) is 4.79 Å². The Hall–Kier alpha value is -0.830. The van der Waals surface area contributed by atoms with Crippen molar-refractivity contribution in [1.29, 1.82) is 0 Å². The SMILES string of the molecule is CCCCC/C=C\CCCC(CCC/C=C\CCCCC)C(CC/C=C\CCCCC)OC(=O)CCCCCBr. The minimum absolute atomic E-state index is 0.0168. The molecule has 0 saturated heterocycles. The van der Waals surface area contributed by atoms with E-state index in [9.17, 15) is 4.79 Å². The minimum atomic E-state index is 0.0168. The summed E-state index contributed by atoms with van der Waals surface area (Å²) in [7, 11) is 0. The van der Waals surface area contributed by atoms with Crippen LogP contribution < -0.4 is 0 Å². The third kappa shape index (κ3) is 27.3. The van der Waals surface area contributed by atoms with Gasteiger partial charge in [0.2, 0.25) is 0 Å². The first-order chi connectivity index (χ1) is 19.7. The number of carbonyl (C=O) groups is 1. The molecular weight excluding hydrogens is 556 g/mol. The lowest BCUT2D eigenvalue weighted by Gasteiger charge is -2.27. The minimum Gasteiger partial charge on any atom is -0.462 e. The highest BCUT2D eigenvalue weighted by Crippen LogP contribution is 2.27. The topological polar surface area (TPSA) is 26.3 Å². The second kappa shape index (κ2) is 32.7. The molecule has 0 aromatic heterocycles. The molecule has 0 aliphatic rings. The van der Waals surface area contributed by atoms with E-state index in [2.05, 4.69) is 73.2 Å². The normalized spacial score (nSPS) is 12.9. The predicted octanol–water partition coefficient (Wildman–Crippen LogP) is 13.0. The fourth-order valence-corrected chi connectivity index (χ4v) is 5.57. The summed E-state index contributed by atoms with van der Waals surface area (Å²) in [5.41, 5.74) is 0. The number of halogens is 1. The molecular formula is C37H67BrO2. The van der Waals surface area contributed by atoms with Crippen molar-refractivity contribution in [2.24, 2.45) is 5.92 Å². The Morgan fingerprint density at radius 2 is 1.00 bits per heavy atom. The Morgan fingerprint density at radius 3 is 1.45 bits per heavy atom. The molecule has 0 rings (SSSR count). The Morgan fingerprint density at radius 1 is 0.550 bits per heavy atom. The molecule has 0 aromatic rings. The molecule has 0 amide bonds. The number of alkyl halides is 1. The number of esters is 1. The van der Waals surface area contributed by atoms with E-state index in [4.69, 9.17) is 4.74 Å². The van der Waals surface area contributed by atoms with Crippen LogP contribution >= 0.6 is 15.9 Å². The molecule has 3 heteroatoms. The van der Waals surface area contributed by atoms with Gasteiger partial charge in [0.15, 0.2) is 0 Å². The molecule has 1 unspecified atom stereocenters. The fourth-order valence-electron chi connectivity index (χ4n) is 5.18. The summed E-state index contributed by atoms with van der Waals surface area (Å²) in [6.45, 7) is 6.79. The average molecular weight is 624 g/mol. The van der Waals surface area contributed by atoms with Gasteiger partial charge >= 0.3 is 5.97 Å². The Labute approximate surface area is 259 Å². The lowest BCUT2D eigenvalue weighted by atomic mass is 9.88. The average Bonchev–Trinajstić information content (AvgIpc) is 2.96. The van der Waals surface area contributed by atoms with E-state index in [0.29, 0.717) is 12.3 Å². The standard InChI is InChI=1S/C37H67BrO2/c1-4-7-10-13-16-19-21-25-30-35(31-26-22-20-17-14-11-8-5-2)36(32-27-23-18-15-12-9-6-3)40-37(39)33-28-24-29-34-38/h16-20,23,35-36H,4-15,21-22,24-34H2,1-3H3/b19-16-,20-17-,23-18-. The van der Waals surface area contributed by atoms with Gasteiger partial charge in [-0.25, -0.2) is 0 Å². The van der Waals surface area contributed by atoms with Crippen molar-refractivity contribution in [2.75, 3.05) is 5.33 Å². The molecule has 40 heavy (non-hydrogen) atoms. The summed E-state index contributed by atoms with van der Waals surface area (Å²) in [5, 5.41) is 1.01. The molecule has 0 aliphatic carbocycles. The first-order valence-electron chi connectivity index (χ1n) is 17.4. The number of ether oxygens (including phenoxy) is 1. The monoisotopic (exact) mass is 622 g/mol. The fraction of sp³-hybridized carbons (Fsp3) is 0.811. The van der Waals surface area contributed by atoms with E-state index in [-0.39, 0.29) is 12.1 Å². The van der Waals surface area contributed by atoms with Crippen LogP contribution in [0.25, 0.3) is 0 Å². The van der Waals surface area contributed by atoms with Crippen molar-refractivity contribution in [2.45, 2.75) is 181 Å². The second-order valence-corrected chi connectivity index (χ2v) is 12.4. The second-order valence-electron chi connectivity index (χ2n) is 11.6. The summed E-state index contributed by atoms with van der Waals surface area (Å²) in [6.07, 6.45) is 42.2. The smallest absolute Gasteiger partial charge is 0.306 e. The molecule has 2 nitrogen and oxygen atoms in total.